The van der Waals surface area contributed by atoms with Crippen molar-refractivity contribution in [2.45, 2.75) is 52.2 Å². The zero-order valence-electron chi connectivity index (χ0n) is 19.5. The Morgan fingerprint density at radius 2 is 1.64 bits per heavy atom. The molecule has 0 bridgehead atoms. The molecule has 0 aromatic heterocycles. The molecular formula is C27H35Cl2N3O. The lowest BCUT2D eigenvalue weighted by Crippen LogP contribution is -2.42. The molecule has 33 heavy (non-hydrogen) atoms. The van der Waals surface area contributed by atoms with Crippen LogP contribution in [-0.4, -0.2) is 41.9 Å². The van der Waals surface area contributed by atoms with E-state index in [4.69, 9.17) is 23.2 Å². The molecule has 2 unspecified atom stereocenters. The summed E-state index contributed by atoms with van der Waals surface area (Å²) in [5.74, 6) is 0.964. The lowest BCUT2D eigenvalue weighted by molar-refractivity contribution is -0.126. The Kier molecular flexibility index (Phi) is 8.70. The zero-order valence-corrected chi connectivity index (χ0v) is 21.0. The summed E-state index contributed by atoms with van der Waals surface area (Å²) in [6, 6.07) is 14.3. The van der Waals surface area contributed by atoms with Gasteiger partial charge in [0, 0.05) is 42.8 Å². The van der Waals surface area contributed by atoms with Gasteiger partial charge in [0.15, 0.2) is 0 Å². The average Bonchev–Trinajstić information content (AvgIpc) is 2.80. The first-order chi connectivity index (χ1) is 16.0. The van der Waals surface area contributed by atoms with Crippen molar-refractivity contribution in [1.29, 1.82) is 0 Å². The highest BCUT2D eigenvalue weighted by Gasteiger charge is 2.26. The molecule has 2 aliphatic heterocycles. The second-order valence-corrected chi connectivity index (χ2v) is 10.7. The van der Waals surface area contributed by atoms with Gasteiger partial charge in [-0.1, -0.05) is 60.5 Å². The number of piperidine rings is 2. The van der Waals surface area contributed by atoms with Crippen molar-refractivity contribution in [1.82, 2.24) is 15.1 Å². The number of likely N-dealkylation sites (tertiary alicyclic amines) is 2. The Labute approximate surface area is 208 Å². The number of carbonyl (C=O) groups excluding carboxylic acids is 1. The molecule has 0 aliphatic carbocycles. The summed E-state index contributed by atoms with van der Waals surface area (Å²) >= 11 is 12.4. The molecule has 0 radical (unpaired) electrons. The summed E-state index contributed by atoms with van der Waals surface area (Å²) in [6.07, 6.45) is 4.61. The largest absolute Gasteiger partial charge is 0.352 e. The SMILES string of the molecule is CC1CCCN(Cc2ccc(CNC(=O)C3CCCN(Cc4ccc(Cl)cc4Cl)C3)cc2)C1. The molecule has 0 saturated carbocycles. The monoisotopic (exact) mass is 487 g/mol. The van der Waals surface area contributed by atoms with E-state index in [9.17, 15) is 4.79 Å². The van der Waals surface area contributed by atoms with Gasteiger partial charge in [-0.25, -0.2) is 0 Å². The third-order valence-corrected chi connectivity index (χ3v) is 7.51. The van der Waals surface area contributed by atoms with Crippen molar-refractivity contribution >= 4 is 29.1 Å². The maximum atomic E-state index is 12.9. The fourth-order valence-electron chi connectivity index (χ4n) is 5.09. The average molecular weight is 489 g/mol. The fraction of sp³-hybridized carbons (Fsp3) is 0.519. The van der Waals surface area contributed by atoms with Gasteiger partial charge in [-0.05, 0) is 73.5 Å². The normalized spacial score (nSPS) is 22.3. The number of hydrogen-bond donors (Lipinski definition) is 1. The summed E-state index contributed by atoms with van der Waals surface area (Å²) in [4.78, 5) is 17.7. The minimum Gasteiger partial charge on any atom is -0.352 e. The van der Waals surface area contributed by atoms with Crippen molar-refractivity contribution in [2.24, 2.45) is 11.8 Å². The second kappa shape index (κ2) is 11.7. The maximum Gasteiger partial charge on any atom is 0.224 e. The smallest absolute Gasteiger partial charge is 0.224 e. The standard InChI is InChI=1S/C27H35Cl2N3O/c1-20-4-2-12-31(16-20)17-22-8-6-21(7-9-22)15-30-27(33)24-5-3-13-32(19-24)18-23-10-11-25(28)14-26(23)29/h6-11,14,20,24H,2-5,12-13,15-19H2,1H3,(H,30,33). The molecule has 4 rings (SSSR count). The zero-order chi connectivity index (χ0) is 23.2. The fourth-order valence-corrected chi connectivity index (χ4v) is 5.56. The van der Waals surface area contributed by atoms with E-state index >= 15 is 0 Å². The Bertz CT molecular complexity index is 933. The van der Waals surface area contributed by atoms with Crippen molar-refractivity contribution in [3.8, 4) is 0 Å². The first-order valence-corrected chi connectivity index (χ1v) is 13.0. The quantitative estimate of drug-likeness (QED) is 0.539. The first kappa shape index (κ1) is 24.5. The van der Waals surface area contributed by atoms with Crippen LogP contribution in [0.3, 0.4) is 0 Å². The van der Waals surface area contributed by atoms with E-state index in [2.05, 4.69) is 46.3 Å². The number of nitrogens with zero attached hydrogens (tertiary/aromatic N) is 2. The number of nitrogens with one attached hydrogen (secondary N) is 1. The van der Waals surface area contributed by atoms with Gasteiger partial charge in [-0.15, -0.1) is 0 Å². The summed E-state index contributed by atoms with van der Waals surface area (Å²) in [5, 5.41) is 4.49. The van der Waals surface area contributed by atoms with Crippen LogP contribution in [0.25, 0.3) is 0 Å². The predicted molar refractivity (Wildman–Crippen MR) is 136 cm³/mol. The number of halogens is 2. The first-order valence-electron chi connectivity index (χ1n) is 12.2. The van der Waals surface area contributed by atoms with E-state index in [1.807, 2.05) is 12.1 Å². The van der Waals surface area contributed by atoms with Gasteiger partial charge >= 0.3 is 0 Å². The Hall–Kier alpha value is -1.59. The molecule has 1 N–H and O–H groups in total. The van der Waals surface area contributed by atoms with Crippen LogP contribution in [0.2, 0.25) is 10.0 Å². The second-order valence-electron chi connectivity index (χ2n) is 9.83. The number of hydrogen-bond acceptors (Lipinski definition) is 3. The predicted octanol–water partition coefficient (Wildman–Crippen LogP) is 5.75. The molecular weight excluding hydrogens is 453 g/mol. The highest BCUT2D eigenvalue weighted by atomic mass is 35.5. The van der Waals surface area contributed by atoms with Gasteiger partial charge in [-0.2, -0.15) is 0 Å². The van der Waals surface area contributed by atoms with Crippen LogP contribution >= 0.6 is 23.2 Å². The highest BCUT2D eigenvalue weighted by molar-refractivity contribution is 6.35. The van der Waals surface area contributed by atoms with Crippen LogP contribution in [0, 0.1) is 11.8 Å². The number of carbonyl (C=O) groups is 1. The van der Waals surface area contributed by atoms with Gasteiger partial charge in [0.2, 0.25) is 5.91 Å². The van der Waals surface area contributed by atoms with E-state index in [-0.39, 0.29) is 11.8 Å². The van der Waals surface area contributed by atoms with E-state index < -0.39 is 0 Å². The molecule has 4 nitrogen and oxygen atoms in total. The van der Waals surface area contributed by atoms with E-state index in [0.717, 1.165) is 56.1 Å². The number of rotatable bonds is 7. The van der Waals surface area contributed by atoms with Crippen molar-refractivity contribution in [2.75, 3.05) is 26.2 Å². The lowest BCUT2D eigenvalue weighted by atomic mass is 9.96. The Morgan fingerprint density at radius 1 is 0.939 bits per heavy atom. The van der Waals surface area contributed by atoms with Crippen LogP contribution in [0.15, 0.2) is 42.5 Å². The van der Waals surface area contributed by atoms with E-state index in [1.165, 1.54) is 31.5 Å². The van der Waals surface area contributed by atoms with Crippen molar-refractivity contribution in [3.05, 3.63) is 69.2 Å². The topological polar surface area (TPSA) is 35.6 Å². The number of benzene rings is 2. The molecule has 2 fully saturated rings. The molecule has 178 valence electrons. The summed E-state index contributed by atoms with van der Waals surface area (Å²) in [7, 11) is 0. The molecule has 2 atom stereocenters. The van der Waals surface area contributed by atoms with Crippen molar-refractivity contribution in [3.63, 3.8) is 0 Å². The van der Waals surface area contributed by atoms with Gasteiger partial charge < -0.3 is 5.32 Å². The van der Waals surface area contributed by atoms with Crippen LogP contribution < -0.4 is 5.32 Å². The molecule has 6 heteroatoms. The summed E-state index contributed by atoms with van der Waals surface area (Å²) < 4.78 is 0. The molecule has 2 aliphatic rings. The van der Waals surface area contributed by atoms with Crippen LogP contribution in [-0.2, 0) is 24.4 Å². The lowest BCUT2D eigenvalue weighted by Gasteiger charge is -2.32. The van der Waals surface area contributed by atoms with Crippen LogP contribution in [0.4, 0.5) is 0 Å². The maximum absolute atomic E-state index is 12.9. The minimum absolute atomic E-state index is 0.0187. The Morgan fingerprint density at radius 3 is 2.36 bits per heavy atom. The molecule has 2 aromatic carbocycles. The third-order valence-electron chi connectivity index (χ3n) is 6.92. The molecule has 2 saturated heterocycles. The molecule has 2 heterocycles. The minimum atomic E-state index is 0.0187. The molecule has 2 aromatic rings. The highest BCUT2D eigenvalue weighted by Crippen LogP contribution is 2.25. The number of amides is 1. The van der Waals surface area contributed by atoms with Gasteiger partial charge in [-0.3, -0.25) is 14.6 Å². The van der Waals surface area contributed by atoms with E-state index in [1.54, 1.807) is 6.07 Å². The van der Waals surface area contributed by atoms with Gasteiger partial charge in [0.25, 0.3) is 0 Å². The summed E-state index contributed by atoms with van der Waals surface area (Å²) in [5.41, 5.74) is 3.56. The van der Waals surface area contributed by atoms with Gasteiger partial charge in [0.1, 0.15) is 0 Å². The molecule has 1 amide bonds. The van der Waals surface area contributed by atoms with Crippen LogP contribution in [0.5, 0.6) is 0 Å². The van der Waals surface area contributed by atoms with E-state index in [0.29, 0.717) is 16.6 Å². The third kappa shape index (κ3) is 7.19. The van der Waals surface area contributed by atoms with Gasteiger partial charge in [0.05, 0.1) is 5.92 Å². The molecule has 0 spiro atoms. The van der Waals surface area contributed by atoms with Crippen LogP contribution in [0.1, 0.15) is 49.3 Å². The summed E-state index contributed by atoms with van der Waals surface area (Å²) in [6.45, 7) is 8.84. The Balaban J connectivity index is 1.24. The van der Waals surface area contributed by atoms with Crippen molar-refractivity contribution < 1.29 is 4.79 Å².